The number of likely N-dealkylation sites (N-methyl/N-ethyl adjacent to an activating group) is 2. The Morgan fingerprint density at radius 3 is 1.47 bits per heavy atom. The van der Waals surface area contributed by atoms with Gasteiger partial charge in [0.2, 0.25) is 0 Å². The normalized spacial score (nSPS) is 19.6. The van der Waals surface area contributed by atoms with E-state index in [-0.39, 0.29) is 0 Å². The van der Waals surface area contributed by atoms with Gasteiger partial charge in [0.25, 0.3) is 0 Å². The minimum atomic E-state index is 0.301. The summed E-state index contributed by atoms with van der Waals surface area (Å²) in [5, 5.41) is 21.0. The number of rotatable bonds is 6. The van der Waals surface area contributed by atoms with Crippen molar-refractivity contribution in [2.45, 2.75) is 50.9 Å². The summed E-state index contributed by atoms with van der Waals surface area (Å²) in [5.74, 6) is 0.601. The van der Waals surface area contributed by atoms with Crippen LogP contribution in [0.4, 0.5) is 0 Å². The molecule has 2 atom stereocenters. The molecule has 3 rings (SSSR count). The number of hydrogen-bond donors (Lipinski definition) is 2. The maximum absolute atomic E-state index is 10.5. The summed E-state index contributed by atoms with van der Waals surface area (Å²) in [4.78, 5) is 4.70. The molecule has 0 radical (unpaired) electrons. The molecule has 0 heterocycles. The second-order valence-electron chi connectivity index (χ2n) is 8.04. The number of phenolic OH excluding ortho intramolecular Hbond substituents is 2. The molecule has 1 aliphatic rings. The molecule has 0 amide bonds. The molecular formula is C22H26Br4N2O2. The molecular weight excluding hydrogens is 644 g/mol. The maximum atomic E-state index is 10.5. The second kappa shape index (κ2) is 10.7. The van der Waals surface area contributed by atoms with Gasteiger partial charge in [-0.3, -0.25) is 9.80 Å². The summed E-state index contributed by atoms with van der Waals surface area (Å²) in [6, 6.07) is 8.43. The van der Waals surface area contributed by atoms with Crippen molar-refractivity contribution in [2.75, 3.05) is 14.1 Å². The first-order valence-electron chi connectivity index (χ1n) is 9.91. The number of benzene rings is 2. The highest BCUT2D eigenvalue weighted by atomic mass is 79.9. The number of halogens is 4. The fourth-order valence-electron chi connectivity index (χ4n) is 4.37. The SMILES string of the molecule is CN(Cc1cc(Br)cc(Br)c1O)[C@H]1CCCC[C@@H]1N(C)Cc1cc(Br)cc(Br)c1O. The zero-order valence-corrected chi connectivity index (χ0v) is 23.4. The van der Waals surface area contributed by atoms with Crippen molar-refractivity contribution < 1.29 is 10.2 Å². The van der Waals surface area contributed by atoms with E-state index in [0.717, 1.165) is 32.9 Å². The summed E-state index contributed by atoms with van der Waals surface area (Å²) in [6.45, 7) is 1.35. The van der Waals surface area contributed by atoms with E-state index >= 15 is 0 Å². The van der Waals surface area contributed by atoms with Gasteiger partial charge in [0.15, 0.2) is 0 Å². The van der Waals surface area contributed by atoms with Crippen molar-refractivity contribution in [3.8, 4) is 11.5 Å². The second-order valence-corrected chi connectivity index (χ2v) is 11.6. The fourth-order valence-corrected chi connectivity index (χ4v) is 7.00. The van der Waals surface area contributed by atoms with E-state index in [1.54, 1.807) is 0 Å². The highest BCUT2D eigenvalue weighted by Gasteiger charge is 2.32. The van der Waals surface area contributed by atoms with Crippen LogP contribution in [0, 0.1) is 0 Å². The highest BCUT2D eigenvalue weighted by Crippen LogP contribution is 2.36. The lowest BCUT2D eigenvalue weighted by Gasteiger charge is -2.43. The standard InChI is InChI=1S/C22H26Br4N2O2/c1-27(11-13-7-15(23)9-17(25)21(13)29)19-5-3-4-6-20(19)28(2)12-14-8-16(24)10-18(26)22(14)30/h7-10,19-20,29-30H,3-6,11-12H2,1-2H3/t19-,20-/m0/s1. The molecule has 2 aromatic carbocycles. The van der Waals surface area contributed by atoms with Crippen LogP contribution in [0.5, 0.6) is 11.5 Å². The molecule has 1 saturated carbocycles. The lowest BCUT2D eigenvalue weighted by molar-refractivity contribution is 0.0685. The van der Waals surface area contributed by atoms with E-state index < -0.39 is 0 Å². The van der Waals surface area contributed by atoms with Crippen LogP contribution >= 0.6 is 63.7 Å². The Balaban J connectivity index is 1.77. The Kier molecular flexibility index (Phi) is 8.72. The van der Waals surface area contributed by atoms with Crippen LogP contribution in [0.3, 0.4) is 0 Å². The van der Waals surface area contributed by atoms with Crippen molar-refractivity contribution in [1.82, 2.24) is 9.80 Å². The lowest BCUT2D eigenvalue weighted by atomic mass is 9.88. The van der Waals surface area contributed by atoms with Gasteiger partial charge in [-0.25, -0.2) is 0 Å². The number of aromatic hydroxyl groups is 2. The van der Waals surface area contributed by atoms with Gasteiger partial charge in [0.05, 0.1) is 8.95 Å². The summed E-state index contributed by atoms with van der Waals surface area (Å²) >= 11 is 13.9. The highest BCUT2D eigenvalue weighted by molar-refractivity contribution is 9.11. The van der Waals surface area contributed by atoms with Gasteiger partial charge in [0, 0.05) is 45.2 Å². The smallest absolute Gasteiger partial charge is 0.134 e. The van der Waals surface area contributed by atoms with E-state index in [2.05, 4.69) is 87.6 Å². The molecule has 8 heteroatoms. The number of hydrogen-bond acceptors (Lipinski definition) is 4. The Labute approximate surface area is 212 Å². The third-order valence-electron chi connectivity index (χ3n) is 5.88. The predicted molar refractivity (Wildman–Crippen MR) is 136 cm³/mol. The first-order chi connectivity index (χ1) is 14.2. The van der Waals surface area contributed by atoms with Crippen molar-refractivity contribution in [1.29, 1.82) is 0 Å². The van der Waals surface area contributed by atoms with Crippen molar-refractivity contribution >= 4 is 63.7 Å². The van der Waals surface area contributed by atoms with Crippen molar-refractivity contribution in [3.63, 3.8) is 0 Å². The van der Waals surface area contributed by atoms with Crippen LogP contribution in [0.2, 0.25) is 0 Å². The van der Waals surface area contributed by atoms with Crippen LogP contribution in [0.25, 0.3) is 0 Å². The molecule has 0 unspecified atom stereocenters. The molecule has 0 spiro atoms. The average molecular weight is 670 g/mol. The minimum absolute atomic E-state index is 0.301. The number of nitrogens with zero attached hydrogens (tertiary/aromatic N) is 2. The van der Waals surface area contributed by atoms with E-state index in [4.69, 9.17) is 0 Å². The van der Waals surface area contributed by atoms with Crippen molar-refractivity contribution in [2.24, 2.45) is 0 Å². The monoisotopic (exact) mass is 666 g/mol. The number of phenols is 2. The van der Waals surface area contributed by atoms with E-state index in [0.29, 0.717) is 45.6 Å². The van der Waals surface area contributed by atoms with Gasteiger partial charge >= 0.3 is 0 Å². The van der Waals surface area contributed by atoms with E-state index in [1.807, 2.05) is 24.3 Å². The van der Waals surface area contributed by atoms with Gasteiger partial charge in [-0.15, -0.1) is 0 Å². The van der Waals surface area contributed by atoms with E-state index in [1.165, 1.54) is 12.8 Å². The van der Waals surface area contributed by atoms with Gasteiger partial charge in [-0.05, 0) is 83.1 Å². The molecule has 2 N–H and O–H groups in total. The largest absolute Gasteiger partial charge is 0.506 e. The molecule has 0 aliphatic heterocycles. The van der Waals surface area contributed by atoms with E-state index in [9.17, 15) is 10.2 Å². The quantitative estimate of drug-likeness (QED) is 0.347. The third kappa shape index (κ3) is 5.81. The maximum Gasteiger partial charge on any atom is 0.134 e. The zero-order chi connectivity index (χ0) is 22.0. The van der Waals surface area contributed by atoms with Crippen LogP contribution in [-0.4, -0.2) is 46.2 Å². The van der Waals surface area contributed by atoms with Gasteiger partial charge in [-0.2, -0.15) is 0 Å². The zero-order valence-electron chi connectivity index (χ0n) is 17.0. The molecule has 0 aromatic heterocycles. The molecule has 0 saturated heterocycles. The van der Waals surface area contributed by atoms with Crippen LogP contribution in [-0.2, 0) is 13.1 Å². The van der Waals surface area contributed by atoms with Crippen LogP contribution in [0.15, 0.2) is 42.2 Å². The van der Waals surface area contributed by atoms with Crippen molar-refractivity contribution in [3.05, 3.63) is 53.3 Å². The Hall–Kier alpha value is -0.120. The van der Waals surface area contributed by atoms with Gasteiger partial charge in [-0.1, -0.05) is 44.7 Å². The topological polar surface area (TPSA) is 46.9 Å². The summed E-state index contributed by atoms with van der Waals surface area (Å²) < 4.78 is 3.30. The molecule has 1 aliphatic carbocycles. The Bertz CT molecular complexity index is 836. The molecule has 1 fully saturated rings. The third-order valence-corrected chi connectivity index (χ3v) is 8.00. The average Bonchev–Trinajstić information content (AvgIpc) is 2.69. The molecule has 0 bridgehead atoms. The van der Waals surface area contributed by atoms with Gasteiger partial charge < -0.3 is 10.2 Å². The lowest BCUT2D eigenvalue weighted by Crippen LogP contribution is -2.50. The first-order valence-corrected chi connectivity index (χ1v) is 13.1. The first kappa shape index (κ1) is 24.5. The molecule has 164 valence electrons. The predicted octanol–water partition coefficient (Wildman–Crippen LogP) is 7.02. The Morgan fingerprint density at radius 1 is 0.733 bits per heavy atom. The molecule has 2 aromatic rings. The summed E-state index contributed by atoms with van der Waals surface area (Å²) in [5.41, 5.74) is 1.80. The van der Waals surface area contributed by atoms with Crippen LogP contribution < -0.4 is 0 Å². The molecule has 30 heavy (non-hydrogen) atoms. The minimum Gasteiger partial charge on any atom is -0.506 e. The molecule has 4 nitrogen and oxygen atoms in total. The summed E-state index contributed by atoms with van der Waals surface area (Å²) in [7, 11) is 4.27. The van der Waals surface area contributed by atoms with Crippen LogP contribution in [0.1, 0.15) is 36.8 Å². The summed E-state index contributed by atoms with van der Waals surface area (Å²) in [6.07, 6.45) is 4.66. The Morgan fingerprint density at radius 2 is 1.10 bits per heavy atom. The fraction of sp³-hybridized carbons (Fsp3) is 0.455. The van der Waals surface area contributed by atoms with Gasteiger partial charge in [0.1, 0.15) is 11.5 Å².